The lowest BCUT2D eigenvalue weighted by Gasteiger charge is -2.33. The van der Waals surface area contributed by atoms with Gasteiger partial charge in [0, 0.05) is 44.0 Å². The van der Waals surface area contributed by atoms with Crippen molar-refractivity contribution in [1.82, 2.24) is 19.9 Å². The molecule has 3 aromatic rings. The van der Waals surface area contributed by atoms with Gasteiger partial charge in [-0.3, -0.25) is 4.79 Å². The molecule has 3 aliphatic rings. The van der Waals surface area contributed by atoms with Gasteiger partial charge in [0.25, 0.3) is 5.91 Å². The number of carbonyl (C=O) groups excluding carboxylic acids is 1. The number of carbonyl (C=O) groups is 1. The van der Waals surface area contributed by atoms with E-state index < -0.39 is 0 Å². The van der Waals surface area contributed by atoms with E-state index in [1.54, 1.807) is 4.68 Å². The smallest absolute Gasteiger partial charge is 0.253 e. The molecule has 0 bridgehead atoms. The van der Waals surface area contributed by atoms with E-state index in [-0.39, 0.29) is 23.9 Å². The number of piperidine rings is 1. The quantitative estimate of drug-likeness (QED) is 0.405. The molecule has 0 spiro atoms. The van der Waals surface area contributed by atoms with Crippen LogP contribution in [0.5, 0.6) is 11.5 Å². The third kappa shape index (κ3) is 6.93. The molecule has 5 N–H and O–H groups in total. The zero-order valence-corrected chi connectivity index (χ0v) is 24.3. The fraction of sp³-hybridized carbons (Fsp3) is 0.531. The average molecular weight is 579 g/mol. The number of rotatable bonds is 9. The van der Waals surface area contributed by atoms with Crippen molar-refractivity contribution < 1.29 is 29.7 Å². The number of amides is 1. The number of ether oxygens (including phenoxy) is 2. The summed E-state index contributed by atoms with van der Waals surface area (Å²) in [4.78, 5) is 15.5. The molecule has 3 heterocycles. The van der Waals surface area contributed by atoms with Gasteiger partial charge in [0.15, 0.2) is 6.10 Å². The van der Waals surface area contributed by atoms with Crippen LogP contribution in [0.1, 0.15) is 84.5 Å². The molecule has 10 heteroatoms. The minimum absolute atomic E-state index is 0.0637. The van der Waals surface area contributed by atoms with Gasteiger partial charge in [0.05, 0.1) is 19.3 Å². The Hall–Kier alpha value is -3.50. The van der Waals surface area contributed by atoms with Crippen molar-refractivity contribution >= 4 is 5.91 Å². The van der Waals surface area contributed by atoms with Gasteiger partial charge in [0.1, 0.15) is 42.2 Å². The lowest BCUT2D eigenvalue weighted by atomic mass is 9.83. The van der Waals surface area contributed by atoms with Gasteiger partial charge in [-0.2, -0.15) is 0 Å². The molecule has 1 aliphatic carbocycles. The fourth-order valence-corrected chi connectivity index (χ4v) is 6.58. The first-order chi connectivity index (χ1) is 20.5. The van der Waals surface area contributed by atoms with Crippen LogP contribution in [0.15, 0.2) is 42.6 Å². The van der Waals surface area contributed by atoms with E-state index in [2.05, 4.69) is 27.4 Å². The molecule has 2 aliphatic heterocycles. The third-order valence-electron chi connectivity index (χ3n) is 8.87. The van der Waals surface area contributed by atoms with E-state index in [4.69, 9.17) is 9.47 Å². The van der Waals surface area contributed by atoms with Gasteiger partial charge in [-0.15, -0.1) is 5.10 Å². The van der Waals surface area contributed by atoms with Crippen LogP contribution in [0.4, 0.5) is 4.39 Å². The van der Waals surface area contributed by atoms with Crippen molar-refractivity contribution in [1.29, 1.82) is 0 Å². The number of halogens is 1. The standard InChI is InChI=1S/C32H41FN6O3/c33-25-14-22(20-39-21-26(18-34)36-37-39)15-29(17-25)41-27-9-12-38(13-10-27)32(40)24-6-7-31(42-28-8-11-35-19-28)30(16-24)23-4-2-1-3-5-23/h6-7,14-17,21,23,27-28,35H,1-5,8-13,18-20,34H2/p+2/t28-/m0/s1. The van der Waals surface area contributed by atoms with Gasteiger partial charge in [-0.05, 0) is 60.2 Å². The Morgan fingerprint density at radius 1 is 1.00 bits per heavy atom. The summed E-state index contributed by atoms with van der Waals surface area (Å²) >= 11 is 0. The van der Waals surface area contributed by atoms with Gasteiger partial charge in [-0.1, -0.05) is 24.5 Å². The molecule has 9 nitrogen and oxygen atoms in total. The molecule has 2 aromatic carbocycles. The van der Waals surface area contributed by atoms with Crippen molar-refractivity contribution in [2.45, 2.75) is 82.6 Å². The van der Waals surface area contributed by atoms with Gasteiger partial charge in [0.2, 0.25) is 0 Å². The Bertz CT molecular complexity index is 1360. The molecule has 1 aromatic heterocycles. The first-order valence-electron chi connectivity index (χ1n) is 15.6. The van der Waals surface area contributed by atoms with Crippen molar-refractivity contribution in [3.63, 3.8) is 0 Å². The predicted octanol–water partition coefficient (Wildman–Crippen LogP) is 2.65. The van der Waals surface area contributed by atoms with Crippen molar-refractivity contribution in [3.05, 3.63) is 70.8 Å². The van der Waals surface area contributed by atoms with Crippen LogP contribution in [-0.4, -0.2) is 64.2 Å². The molecule has 3 fully saturated rings. The number of aromatic nitrogens is 3. The lowest BCUT2D eigenvalue weighted by Crippen LogP contribution is -2.81. The van der Waals surface area contributed by atoms with Gasteiger partial charge in [-0.25, -0.2) is 9.07 Å². The zero-order valence-electron chi connectivity index (χ0n) is 24.3. The Morgan fingerprint density at radius 3 is 2.57 bits per heavy atom. The molecule has 42 heavy (non-hydrogen) atoms. The molecule has 1 saturated carbocycles. The second-order valence-corrected chi connectivity index (χ2v) is 12.0. The van der Waals surface area contributed by atoms with Crippen LogP contribution >= 0.6 is 0 Å². The molecule has 224 valence electrons. The number of hydrogen-bond donors (Lipinski definition) is 2. The maximum atomic E-state index is 14.4. The van der Waals surface area contributed by atoms with Gasteiger partial charge < -0.3 is 25.4 Å². The Labute approximate surface area is 246 Å². The summed E-state index contributed by atoms with van der Waals surface area (Å²) in [7, 11) is 0. The first kappa shape index (κ1) is 28.6. The highest BCUT2D eigenvalue weighted by molar-refractivity contribution is 5.94. The Morgan fingerprint density at radius 2 is 1.83 bits per heavy atom. The van der Waals surface area contributed by atoms with Crippen LogP contribution in [-0.2, 0) is 13.1 Å². The SMILES string of the molecule is [NH3+]Cc1cn(Cc2cc(F)cc(OC3CCN(C(=O)c4ccc(O[C@H]5CC[NH2+]C5)c(C5CCCCC5)c4)CC3)c2)nn1. The molecule has 0 radical (unpaired) electrons. The van der Waals surface area contributed by atoms with Crippen molar-refractivity contribution in [3.8, 4) is 11.5 Å². The van der Waals surface area contributed by atoms with E-state index in [0.717, 1.165) is 54.9 Å². The molecule has 1 amide bonds. The number of benzene rings is 2. The summed E-state index contributed by atoms with van der Waals surface area (Å²) in [6.45, 7) is 4.28. The predicted molar refractivity (Wildman–Crippen MR) is 155 cm³/mol. The highest BCUT2D eigenvalue weighted by Crippen LogP contribution is 2.39. The average Bonchev–Trinajstić information content (AvgIpc) is 3.70. The molecule has 2 saturated heterocycles. The van der Waals surface area contributed by atoms with Crippen LogP contribution < -0.4 is 20.5 Å². The number of hydrogen-bond acceptors (Lipinski definition) is 5. The van der Waals surface area contributed by atoms with Crippen LogP contribution in [0.3, 0.4) is 0 Å². The van der Waals surface area contributed by atoms with E-state index in [1.807, 2.05) is 29.3 Å². The van der Waals surface area contributed by atoms with E-state index >= 15 is 0 Å². The molecular weight excluding hydrogens is 535 g/mol. The maximum absolute atomic E-state index is 14.4. The topological polar surface area (TPSA) is 114 Å². The van der Waals surface area contributed by atoms with Crippen LogP contribution in [0.25, 0.3) is 0 Å². The summed E-state index contributed by atoms with van der Waals surface area (Å²) < 4.78 is 28.8. The Kier molecular flexibility index (Phi) is 9.00. The first-order valence-corrected chi connectivity index (χ1v) is 15.6. The molecular formula is C32H43FN6O3+2. The van der Waals surface area contributed by atoms with Gasteiger partial charge >= 0.3 is 0 Å². The second-order valence-electron chi connectivity index (χ2n) is 12.0. The summed E-state index contributed by atoms with van der Waals surface area (Å²) in [5.41, 5.74) is 7.32. The summed E-state index contributed by atoms with van der Waals surface area (Å²) in [5.74, 6) is 1.64. The van der Waals surface area contributed by atoms with Crippen molar-refractivity contribution in [2.75, 3.05) is 26.2 Å². The molecule has 6 rings (SSSR count). The largest absolute Gasteiger partial charge is 0.490 e. The summed E-state index contributed by atoms with van der Waals surface area (Å²) in [6.07, 6.45) is 10.5. The second kappa shape index (κ2) is 13.2. The molecule has 1 atom stereocenters. The normalized spacial score (nSPS) is 20.1. The van der Waals surface area contributed by atoms with E-state index in [0.29, 0.717) is 50.7 Å². The molecule has 0 unspecified atom stereocenters. The maximum Gasteiger partial charge on any atom is 0.253 e. The number of quaternary nitrogens is 2. The monoisotopic (exact) mass is 578 g/mol. The van der Waals surface area contributed by atoms with E-state index in [9.17, 15) is 9.18 Å². The third-order valence-corrected chi connectivity index (χ3v) is 8.87. The summed E-state index contributed by atoms with van der Waals surface area (Å²) in [5, 5.41) is 10.4. The minimum Gasteiger partial charge on any atom is -0.490 e. The number of likely N-dealkylation sites (tertiary alicyclic amines) is 1. The van der Waals surface area contributed by atoms with Crippen molar-refractivity contribution in [2.24, 2.45) is 0 Å². The minimum atomic E-state index is -0.347. The highest BCUT2D eigenvalue weighted by Gasteiger charge is 2.28. The fourth-order valence-electron chi connectivity index (χ4n) is 6.58. The van der Waals surface area contributed by atoms with Crippen LogP contribution in [0.2, 0.25) is 0 Å². The summed E-state index contributed by atoms with van der Waals surface area (Å²) in [6, 6.07) is 10.8. The van der Waals surface area contributed by atoms with Crippen LogP contribution in [0, 0.1) is 5.82 Å². The number of nitrogens with two attached hydrogens (primary N) is 1. The zero-order chi connectivity index (χ0) is 28.9. The Balaban J connectivity index is 1.08. The lowest BCUT2D eigenvalue weighted by molar-refractivity contribution is -0.638. The van der Waals surface area contributed by atoms with E-state index in [1.165, 1.54) is 37.0 Å². The number of nitrogens with zero attached hydrogens (tertiary/aromatic N) is 4. The highest BCUT2D eigenvalue weighted by atomic mass is 19.1.